The van der Waals surface area contributed by atoms with Crippen LogP contribution in [0.5, 0.6) is 5.75 Å². The maximum atomic E-state index is 14.1. The Morgan fingerprint density at radius 2 is 1.64 bits per heavy atom. The molecule has 1 N–H and O–H groups in total. The van der Waals surface area contributed by atoms with Crippen LogP contribution in [0.2, 0.25) is 0 Å². The lowest BCUT2D eigenvalue weighted by atomic mass is 9.95. The zero-order valence-electron chi connectivity index (χ0n) is 23.8. The number of hydrogen-bond acceptors (Lipinski definition) is 8. The van der Waals surface area contributed by atoms with Gasteiger partial charge in [0.2, 0.25) is 5.13 Å². The molecule has 4 aromatic carbocycles. The third-order valence-corrected chi connectivity index (χ3v) is 10.1. The fourth-order valence-electron chi connectivity index (χ4n) is 4.90. The molecule has 7 nitrogen and oxygen atoms in total. The Bertz CT molecular complexity index is 1910. The van der Waals surface area contributed by atoms with E-state index in [0.29, 0.717) is 39.1 Å². The van der Waals surface area contributed by atoms with Gasteiger partial charge in [0, 0.05) is 14.9 Å². The summed E-state index contributed by atoms with van der Waals surface area (Å²) in [5, 5.41) is 20.1. The number of ether oxygens (including phenoxy) is 1. The summed E-state index contributed by atoms with van der Waals surface area (Å²) < 4.78 is 21.6. The number of aliphatic hydroxyl groups is 1. The predicted molar refractivity (Wildman–Crippen MR) is 182 cm³/mol. The number of nitrogens with zero attached hydrogens (tertiary/aromatic N) is 3. The van der Waals surface area contributed by atoms with E-state index in [9.17, 15) is 19.1 Å². The molecule has 1 aliphatic heterocycles. The fraction of sp³-hybridized carbons (Fsp3) is 0.118. The van der Waals surface area contributed by atoms with Crippen LogP contribution in [0.4, 0.5) is 9.52 Å². The van der Waals surface area contributed by atoms with Crippen LogP contribution < -0.4 is 9.64 Å². The Morgan fingerprint density at radius 1 is 0.956 bits per heavy atom. The smallest absolute Gasteiger partial charge is 0.301 e. The molecule has 226 valence electrons. The summed E-state index contributed by atoms with van der Waals surface area (Å²) in [7, 11) is 0. The minimum atomic E-state index is -0.934. The van der Waals surface area contributed by atoms with Crippen molar-refractivity contribution < 1.29 is 23.8 Å². The van der Waals surface area contributed by atoms with Crippen molar-refractivity contribution in [2.45, 2.75) is 29.7 Å². The van der Waals surface area contributed by atoms with Gasteiger partial charge in [-0.3, -0.25) is 14.5 Å². The van der Waals surface area contributed by atoms with Gasteiger partial charge in [-0.1, -0.05) is 77.7 Å². The maximum absolute atomic E-state index is 14.1. The highest BCUT2D eigenvalue weighted by Crippen LogP contribution is 2.44. The first kappa shape index (κ1) is 30.9. The number of thioether (sulfide) groups is 1. The molecule has 11 heteroatoms. The van der Waals surface area contributed by atoms with Crippen molar-refractivity contribution in [2.24, 2.45) is 0 Å². The number of aliphatic hydroxyl groups excluding tert-OH is 1. The summed E-state index contributed by atoms with van der Waals surface area (Å²) >= 11 is 4.59. The first-order valence-corrected chi connectivity index (χ1v) is 16.7. The molecule has 1 unspecified atom stereocenters. The maximum Gasteiger partial charge on any atom is 0.301 e. The van der Waals surface area contributed by atoms with Crippen molar-refractivity contribution in [3.8, 4) is 5.75 Å². The van der Waals surface area contributed by atoms with E-state index in [1.165, 1.54) is 22.7 Å². The molecule has 0 saturated carbocycles. The number of carbonyl (C=O) groups is 2. The quantitative estimate of drug-likeness (QED) is 0.0407. The second kappa shape index (κ2) is 13.5. The molecule has 2 heterocycles. The number of ketones is 1. The van der Waals surface area contributed by atoms with Gasteiger partial charge < -0.3 is 9.84 Å². The number of rotatable bonds is 9. The molecule has 0 radical (unpaired) electrons. The minimum Gasteiger partial charge on any atom is -0.507 e. The second-order valence-electron chi connectivity index (χ2n) is 10.2. The van der Waals surface area contributed by atoms with Gasteiger partial charge in [0.05, 0.1) is 11.6 Å². The van der Waals surface area contributed by atoms with Gasteiger partial charge in [0.1, 0.15) is 23.9 Å². The summed E-state index contributed by atoms with van der Waals surface area (Å²) in [6.45, 7) is 2.41. The summed E-state index contributed by atoms with van der Waals surface area (Å²) in [5.74, 6) is -1.34. The van der Waals surface area contributed by atoms with E-state index in [1.807, 2.05) is 55.5 Å². The lowest BCUT2D eigenvalue weighted by Crippen LogP contribution is -2.29. The van der Waals surface area contributed by atoms with Crippen LogP contribution >= 0.6 is 45.7 Å². The van der Waals surface area contributed by atoms with Crippen molar-refractivity contribution in [2.75, 3.05) is 4.90 Å². The molecule has 1 saturated heterocycles. The topological polar surface area (TPSA) is 92.6 Å². The van der Waals surface area contributed by atoms with E-state index >= 15 is 0 Å². The standard InChI is InChI=1S/C34H25FIN3O4S2/c1-20-6-2-3-7-23(20)18-43-26-16-12-22(13-17-26)30(40)28-29(21-10-14-25(36)15-11-21)39(32(42)31(28)41)33-37-38-34(45-33)44-19-24-8-4-5-9-27(24)35/h2-17,29,40H,18-19H2,1H3/b30-28+. The van der Waals surface area contributed by atoms with Crippen LogP contribution in [0.25, 0.3) is 5.76 Å². The molecule has 5 aromatic rings. The third kappa shape index (κ3) is 6.65. The van der Waals surface area contributed by atoms with E-state index in [0.717, 1.165) is 26.0 Å². The number of hydrogen-bond donors (Lipinski definition) is 1. The van der Waals surface area contributed by atoms with Gasteiger partial charge in [-0.05, 0) is 94.2 Å². The van der Waals surface area contributed by atoms with Crippen molar-refractivity contribution in [1.82, 2.24) is 10.2 Å². The highest BCUT2D eigenvalue weighted by Gasteiger charge is 2.48. The van der Waals surface area contributed by atoms with Gasteiger partial charge in [0.15, 0.2) is 4.34 Å². The van der Waals surface area contributed by atoms with E-state index in [4.69, 9.17) is 4.74 Å². The molecule has 0 spiro atoms. The zero-order valence-corrected chi connectivity index (χ0v) is 27.6. The summed E-state index contributed by atoms with van der Waals surface area (Å²) in [6, 6.07) is 27.6. The van der Waals surface area contributed by atoms with Gasteiger partial charge in [0.25, 0.3) is 5.78 Å². The summed E-state index contributed by atoms with van der Waals surface area (Å²) in [6.07, 6.45) is 0. The Labute approximate surface area is 280 Å². The number of benzene rings is 4. The Kier molecular flexibility index (Phi) is 9.29. The normalized spacial score (nSPS) is 15.9. The van der Waals surface area contributed by atoms with Crippen LogP contribution in [0.3, 0.4) is 0 Å². The monoisotopic (exact) mass is 749 g/mol. The Hall–Kier alpha value is -4.07. The number of carbonyl (C=O) groups excluding carboxylic acids is 2. The van der Waals surface area contributed by atoms with E-state index < -0.39 is 17.7 Å². The Morgan fingerprint density at radius 3 is 2.36 bits per heavy atom. The average Bonchev–Trinajstić information content (AvgIpc) is 3.62. The number of amides is 1. The van der Waals surface area contributed by atoms with Crippen molar-refractivity contribution in [3.05, 3.63) is 140 Å². The Balaban J connectivity index is 1.30. The fourth-order valence-corrected chi connectivity index (χ4v) is 7.11. The van der Waals surface area contributed by atoms with Gasteiger partial charge in [-0.25, -0.2) is 4.39 Å². The first-order valence-electron chi connectivity index (χ1n) is 13.8. The molecule has 0 aliphatic carbocycles. The highest BCUT2D eigenvalue weighted by molar-refractivity contribution is 14.1. The van der Waals surface area contributed by atoms with Gasteiger partial charge in [-0.15, -0.1) is 10.2 Å². The van der Waals surface area contributed by atoms with Crippen LogP contribution in [0, 0.1) is 16.3 Å². The molecular weight excluding hydrogens is 724 g/mol. The molecular formula is C34H25FIN3O4S2. The van der Waals surface area contributed by atoms with Crippen molar-refractivity contribution in [1.29, 1.82) is 0 Å². The van der Waals surface area contributed by atoms with Gasteiger partial charge >= 0.3 is 5.91 Å². The predicted octanol–water partition coefficient (Wildman–Crippen LogP) is 8.09. The van der Waals surface area contributed by atoms with Crippen LogP contribution in [-0.2, 0) is 21.9 Å². The highest BCUT2D eigenvalue weighted by atomic mass is 127. The molecule has 1 atom stereocenters. The molecule has 45 heavy (non-hydrogen) atoms. The molecule has 1 aliphatic rings. The number of anilines is 1. The average molecular weight is 750 g/mol. The molecule has 0 bridgehead atoms. The van der Waals surface area contributed by atoms with Crippen LogP contribution in [0.15, 0.2) is 107 Å². The van der Waals surface area contributed by atoms with Crippen molar-refractivity contribution >= 4 is 68.3 Å². The third-order valence-electron chi connectivity index (χ3n) is 7.32. The zero-order chi connectivity index (χ0) is 31.5. The summed E-state index contributed by atoms with van der Waals surface area (Å²) in [4.78, 5) is 28.3. The van der Waals surface area contributed by atoms with E-state index in [-0.39, 0.29) is 22.3 Å². The number of aromatic nitrogens is 2. The van der Waals surface area contributed by atoms with Crippen molar-refractivity contribution in [3.63, 3.8) is 0 Å². The number of halogens is 2. The second-order valence-corrected chi connectivity index (χ2v) is 13.6. The van der Waals surface area contributed by atoms with E-state index in [2.05, 4.69) is 32.8 Å². The summed E-state index contributed by atoms with van der Waals surface area (Å²) in [5.41, 5.74) is 3.65. The number of Topliss-reactive ketones (excluding diaryl/α,β-unsaturated/α-hetero) is 1. The van der Waals surface area contributed by atoms with Gasteiger partial charge in [-0.2, -0.15) is 0 Å². The largest absolute Gasteiger partial charge is 0.507 e. The van der Waals surface area contributed by atoms with Crippen LogP contribution in [0.1, 0.15) is 33.9 Å². The SMILES string of the molecule is Cc1ccccc1COc1ccc(/C(O)=C2\C(=O)C(=O)N(c3nnc(SCc4ccccc4F)s3)C2c2ccc(I)cc2)cc1. The lowest BCUT2D eigenvalue weighted by molar-refractivity contribution is -0.132. The number of aryl methyl sites for hydroxylation is 1. The molecule has 6 rings (SSSR count). The first-order chi connectivity index (χ1) is 21.8. The van der Waals surface area contributed by atoms with Crippen LogP contribution in [-0.4, -0.2) is 27.0 Å². The van der Waals surface area contributed by atoms with E-state index in [1.54, 1.807) is 42.5 Å². The molecule has 1 amide bonds. The molecule has 1 aromatic heterocycles. The molecule has 1 fully saturated rings. The lowest BCUT2D eigenvalue weighted by Gasteiger charge is -2.22. The minimum absolute atomic E-state index is 0.0504.